The van der Waals surface area contributed by atoms with Gasteiger partial charge in [0.05, 0.1) is 6.54 Å². The van der Waals surface area contributed by atoms with Crippen molar-refractivity contribution in [2.75, 3.05) is 6.54 Å². The molecule has 1 saturated heterocycles. The molecule has 3 heteroatoms. The van der Waals surface area contributed by atoms with E-state index in [1.807, 2.05) is 0 Å². The van der Waals surface area contributed by atoms with Crippen LogP contribution in [0.15, 0.2) is 0 Å². The van der Waals surface area contributed by atoms with Crippen molar-refractivity contribution in [1.82, 2.24) is 5.12 Å². The van der Waals surface area contributed by atoms with Crippen molar-refractivity contribution in [2.45, 2.75) is 4.95 Å². The Bertz CT molecular complexity index is 42.9. The fraction of sp³-hybridized carbons (Fsp3) is 1.00. The third-order valence-corrected chi connectivity index (χ3v) is 1.23. The van der Waals surface area contributed by atoms with E-state index in [9.17, 15) is 4.48 Å². The van der Waals surface area contributed by atoms with Gasteiger partial charge in [-0.25, -0.2) is 0 Å². The summed E-state index contributed by atoms with van der Waals surface area (Å²) >= 11 is 3.00. The fourth-order valence-corrected chi connectivity index (χ4v) is 0.373. The van der Waals surface area contributed by atoms with Crippen LogP contribution in [0.1, 0.15) is 0 Å². The van der Waals surface area contributed by atoms with E-state index in [4.69, 9.17) is 0 Å². The van der Waals surface area contributed by atoms with E-state index in [1.54, 1.807) is 0 Å². The van der Waals surface area contributed by atoms with Crippen LogP contribution in [0.3, 0.4) is 0 Å². The van der Waals surface area contributed by atoms with Crippen LogP contribution < -0.4 is 0 Å². The summed E-state index contributed by atoms with van der Waals surface area (Å²) < 4.78 is 11.3. The lowest BCUT2D eigenvalue weighted by Crippen LogP contribution is -1.71. The minimum absolute atomic E-state index is 0.0301. The highest BCUT2D eigenvalue weighted by Gasteiger charge is 2.30. The molecule has 0 radical (unpaired) electrons. The first-order chi connectivity index (χ1) is 2.30. The first kappa shape index (κ1) is 3.56. The summed E-state index contributed by atoms with van der Waals surface area (Å²) in [4.78, 5) is 0.0301. The van der Waals surface area contributed by atoms with E-state index in [-0.39, 0.29) is 4.95 Å². The van der Waals surface area contributed by atoms with Gasteiger partial charge in [-0.3, -0.25) is 0 Å². The molecule has 0 aliphatic carbocycles. The molecular formula is C2H3BrFN. The second-order valence-electron chi connectivity index (χ2n) is 1.02. The maximum absolute atomic E-state index is 11.3. The number of hydrogen-bond donors (Lipinski definition) is 0. The quantitative estimate of drug-likeness (QED) is 0.209. The maximum atomic E-state index is 11.3. The highest BCUT2D eigenvalue weighted by atomic mass is 79.9. The van der Waals surface area contributed by atoms with Gasteiger partial charge in [0.2, 0.25) is 0 Å². The van der Waals surface area contributed by atoms with Gasteiger partial charge in [0.25, 0.3) is 0 Å². The maximum Gasteiger partial charge on any atom is 0.110 e. The van der Waals surface area contributed by atoms with E-state index in [1.165, 1.54) is 0 Å². The van der Waals surface area contributed by atoms with Crippen molar-refractivity contribution in [1.29, 1.82) is 0 Å². The number of hydrogen-bond acceptors (Lipinski definition) is 1. The van der Waals surface area contributed by atoms with Crippen LogP contribution in [0.2, 0.25) is 0 Å². The van der Waals surface area contributed by atoms with Crippen molar-refractivity contribution in [2.24, 2.45) is 0 Å². The summed E-state index contributed by atoms with van der Waals surface area (Å²) in [5, 5.41) is 0.708. The van der Waals surface area contributed by atoms with Gasteiger partial charge in [0.15, 0.2) is 0 Å². The van der Waals surface area contributed by atoms with E-state index < -0.39 is 0 Å². The molecule has 30 valence electrons. The SMILES string of the molecule is FN1CC1Br. The Labute approximate surface area is 37.8 Å². The Balaban J connectivity index is 2.20. The molecule has 0 spiro atoms. The molecule has 0 aromatic heterocycles. The lowest BCUT2D eigenvalue weighted by molar-refractivity contribution is 0.185. The second kappa shape index (κ2) is 0.914. The highest BCUT2D eigenvalue weighted by molar-refractivity contribution is 9.09. The van der Waals surface area contributed by atoms with E-state index in [2.05, 4.69) is 15.9 Å². The van der Waals surface area contributed by atoms with Crippen LogP contribution in [0.25, 0.3) is 0 Å². The highest BCUT2D eigenvalue weighted by Crippen LogP contribution is 2.22. The molecule has 0 aromatic rings. The van der Waals surface area contributed by atoms with E-state index >= 15 is 0 Å². The molecule has 1 nitrogen and oxygen atoms in total. The Morgan fingerprint density at radius 2 is 2.20 bits per heavy atom. The molecule has 1 aliphatic heterocycles. The topological polar surface area (TPSA) is 3.01 Å². The van der Waals surface area contributed by atoms with Gasteiger partial charge in [0, 0.05) is 0 Å². The van der Waals surface area contributed by atoms with Crippen LogP contribution >= 0.6 is 15.9 Å². The molecule has 0 N–H and O–H groups in total. The van der Waals surface area contributed by atoms with Gasteiger partial charge in [-0.05, 0) is 0 Å². The molecule has 0 saturated carbocycles. The molecule has 2 unspecified atom stereocenters. The average molecular weight is 140 g/mol. The van der Waals surface area contributed by atoms with Gasteiger partial charge in [-0.15, -0.1) is 9.60 Å². The molecule has 1 heterocycles. The summed E-state index contributed by atoms with van der Waals surface area (Å²) in [5.74, 6) is 0. The van der Waals surface area contributed by atoms with Gasteiger partial charge in [-0.1, -0.05) is 15.9 Å². The zero-order valence-corrected chi connectivity index (χ0v) is 4.07. The minimum Gasteiger partial charge on any atom is -0.133 e. The summed E-state index contributed by atoms with van der Waals surface area (Å²) in [6, 6.07) is 0. The Morgan fingerprint density at radius 1 is 2.00 bits per heavy atom. The zero-order chi connectivity index (χ0) is 3.86. The van der Waals surface area contributed by atoms with Gasteiger partial charge < -0.3 is 0 Å². The van der Waals surface area contributed by atoms with Gasteiger partial charge in [0.1, 0.15) is 4.95 Å². The van der Waals surface area contributed by atoms with Crippen LogP contribution in [0, 0.1) is 0 Å². The first-order valence-electron chi connectivity index (χ1n) is 1.37. The summed E-state index contributed by atoms with van der Waals surface area (Å²) in [7, 11) is 0. The third kappa shape index (κ3) is 0.605. The third-order valence-electron chi connectivity index (χ3n) is 0.495. The second-order valence-corrected chi connectivity index (χ2v) is 2.07. The van der Waals surface area contributed by atoms with E-state index in [0.717, 1.165) is 0 Å². The Kier molecular flexibility index (Phi) is 0.650. The summed E-state index contributed by atoms with van der Waals surface area (Å²) in [6.07, 6.45) is 0. The standard InChI is InChI=1S/C2H3BrFN/c3-2-1-5(2)4/h2H,1H2. The van der Waals surface area contributed by atoms with Crippen LogP contribution in [-0.4, -0.2) is 16.6 Å². The lowest BCUT2D eigenvalue weighted by Gasteiger charge is -1.67. The molecule has 1 rings (SSSR count). The molecule has 2 atom stereocenters. The van der Waals surface area contributed by atoms with Crippen molar-refractivity contribution in [3.05, 3.63) is 0 Å². The predicted molar refractivity (Wildman–Crippen MR) is 20.5 cm³/mol. The van der Waals surface area contributed by atoms with Crippen molar-refractivity contribution >= 4 is 15.9 Å². The number of alkyl halides is 1. The molecule has 1 aliphatic rings. The number of rotatable bonds is 0. The first-order valence-corrected chi connectivity index (χ1v) is 2.29. The average Bonchev–Trinajstić information content (AvgIpc) is 1.79. The van der Waals surface area contributed by atoms with Crippen LogP contribution in [-0.2, 0) is 0 Å². The van der Waals surface area contributed by atoms with Crippen molar-refractivity contribution in [3.8, 4) is 0 Å². The lowest BCUT2D eigenvalue weighted by atomic mass is 11.0. The molecule has 0 aromatic carbocycles. The normalized spacial score (nSPS) is 49.2. The number of halogens is 2. The number of nitrogens with zero attached hydrogens (tertiary/aromatic N) is 1. The Hall–Kier alpha value is 0.370. The summed E-state index contributed by atoms with van der Waals surface area (Å²) in [5.41, 5.74) is 0. The summed E-state index contributed by atoms with van der Waals surface area (Å²) in [6.45, 7) is 0.556. The van der Waals surface area contributed by atoms with Gasteiger partial charge >= 0.3 is 0 Å². The Morgan fingerprint density at radius 3 is 2.20 bits per heavy atom. The monoisotopic (exact) mass is 139 g/mol. The molecule has 0 bridgehead atoms. The predicted octanol–water partition coefficient (Wildman–Crippen LogP) is 0.908. The van der Waals surface area contributed by atoms with E-state index in [0.29, 0.717) is 11.7 Å². The molecule has 1 fully saturated rings. The van der Waals surface area contributed by atoms with Crippen molar-refractivity contribution in [3.63, 3.8) is 0 Å². The molecule has 5 heavy (non-hydrogen) atoms. The zero-order valence-electron chi connectivity index (χ0n) is 2.49. The van der Waals surface area contributed by atoms with Crippen LogP contribution in [0.4, 0.5) is 4.48 Å². The van der Waals surface area contributed by atoms with Gasteiger partial charge in [-0.2, -0.15) is 0 Å². The smallest absolute Gasteiger partial charge is 0.110 e. The minimum atomic E-state index is 0.0301. The molecule has 0 amide bonds. The largest absolute Gasteiger partial charge is 0.133 e. The van der Waals surface area contributed by atoms with Crippen LogP contribution in [0.5, 0.6) is 0 Å². The molecular weight excluding hydrogens is 137 g/mol. The van der Waals surface area contributed by atoms with Crippen molar-refractivity contribution < 1.29 is 4.48 Å². The fourth-order valence-electron chi connectivity index (χ4n) is 0.0968.